The molecule has 1 N–H and O–H groups in total. The van der Waals surface area contributed by atoms with Crippen molar-refractivity contribution in [2.75, 3.05) is 5.32 Å². The molecule has 1 atom stereocenters. The molecule has 0 unspecified atom stereocenters. The van der Waals surface area contributed by atoms with Crippen LogP contribution < -0.4 is 5.32 Å². The molecule has 1 amide bonds. The first-order valence-corrected chi connectivity index (χ1v) is 8.97. The van der Waals surface area contributed by atoms with Crippen LogP contribution in [0.4, 0.5) is 5.82 Å². The monoisotopic (exact) mass is 371 g/mol. The fraction of sp³-hybridized carbons (Fsp3) is 0.150. The Labute approximate surface area is 160 Å². The lowest BCUT2D eigenvalue weighted by Gasteiger charge is -2.24. The fourth-order valence-electron chi connectivity index (χ4n) is 3.55. The maximum Gasteiger partial charge on any atom is 0.226 e. The molecule has 5 rings (SSSR count). The third-order valence-corrected chi connectivity index (χ3v) is 4.95. The van der Waals surface area contributed by atoms with E-state index < -0.39 is 0 Å². The van der Waals surface area contributed by atoms with Crippen molar-refractivity contribution in [1.82, 2.24) is 29.5 Å². The predicted octanol–water partition coefficient (Wildman–Crippen LogP) is 2.38. The van der Waals surface area contributed by atoms with E-state index in [0.717, 1.165) is 28.2 Å². The van der Waals surface area contributed by atoms with E-state index in [2.05, 4.69) is 25.5 Å². The number of benzene rings is 1. The van der Waals surface area contributed by atoms with Gasteiger partial charge < -0.3 is 5.32 Å². The van der Waals surface area contributed by atoms with Gasteiger partial charge in [-0.2, -0.15) is 10.2 Å². The lowest BCUT2D eigenvalue weighted by molar-refractivity contribution is -0.116. The van der Waals surface area contributed by atoms with E-state index >= 15 is 0 Å². The van der Waals surface area contributed by atoms with E-state index in [9.17, 15) is 4.79 Å². The van der Waals surface area contributed by atoms with Gasteiger partial charge in [-0.15, -0.1) is 0 Å². The molecule has 1 aliphatic heterocycles. The summed E-state index contributed by atoms with van der Waals surface area (Å²) in [4.78, 5) is 20.4. The van der Waals surface area contributed by atoms with Gasteiger partial charge >= 0.3 is 0 Å². The van der Waals surface area contributed by atoms with E-state index in [1.807, 2.05) is 47.3 Å². The molecule has 0 saturated carbocycles. The molecule has 3 aromatic heterocycles. The van der Waals surface area contributed by atoms with Gasteiger partial charge in [0.2, 0.25) is 5.91 Å². The predicted molar refractivity (Wildman–Crippen MR) is 102 cm³/mol. The van der Waals surface area contributed by atoms with Crippen molar-refractivity contribution >= 4 is 11.7 Å². The molecular formula is C20H17N7O. The Bertz CT molecular complexity index is 1100. The van der Waals surface area contributed by atoms with Gasteiger partial charge in [-0.1, -0.05) is 12.1 Å². The minimum atomic E-state index is -0.0280. The summed E-state index contributed by atoms with van der Waals surface area (Å²) >= 11 is 0. The number of anilines is 1. The zero-order valence-corrected chi connectivity index (χ0v) is 14.9. The smallest absolute Gasteiger partial charge is 0.226 e. The molecule has 4 heterocycles. The van der Waals surface area contributed by atoms with E-state index in [1.165, 1.54) is 6.33 Å². The SMILES string of the molecule is O=C1C[C@@H](c2ccc(-n3cncn3)cc2)c2cnn(Cc3ccncc3)c2N1. The summed E-state index contributed by atoms with van der Waals surface area (Å²) in [6.45, 7) is 0.579. The zero-order valence-electron chi connectivity index (χ0n) is 14.9. The zero-order chi connectivity index (χ0) is 18.9. The lowest BCUT2D eigenvalue weighted by Crippen LogP contribution is -2.25. The Kier molecular flexibility index (Phi) is 3.93. The second-order valence-corrected chi connectivity index (χ2v) is 6.70. The van der Waals surface area contributed by atoms with Crippen LogP contribution in [0.25, 0.3) is 5.69 Å². The Morgan fingerprint density at radius 3 is 2.61 bits per heavy atom. The van der Waals surface area contributed by atoms with E-state index in [0.29, 0.717) is 13.0 Å². The van der Waals surface area contributed by atoms with Gasteiger partial charge in [0.15, 0.2) is 0 Å². The van der Waals surface area contributed by atoms with Crippen molar-refractivity contribution < 1.29 is 4.79 Å². The lowest BCUT2D eigenvalue weighted by atomic mass is 9.87. The minimum absolute atomic E-state index is 0.00525. The van der Waals surface area contributed by atoms with Crippen LogP contribution in [0.1, 0.15) is 29.0 Å². The number of pyridine rings is 1. The van der Waals surface area contributed by atoms with Crippen LogP contribution in [0, 0.1) is 0 Å². The fourth-order valence-corrected chi connectivity index (χ4v) is 3.55. The number of carbonyl (C=O) groups is 1. The number of nitrogens with zero attached hydrogens (tertiary/aromatic N) is 6. The topological polar surface area (TPSA) is 90.5 Å². The Balaban J connectivity index is 1.47. The molecule has 0 bridgehead atoms. The van der Waals surface area contributed by atoms with Gasteiger partial charge in [0, 0.05) is 30.3 Å². The van der Waals surface area contributed by atoms with Gasteiger partial charge in [0.25, 0.3) is 0 Å². The highest BCUT2D eigenvalue weighted by molar-refractivity contribution is 5.94. The quantitative estimate of drug-likeness (QED) is 0.595. The summed E-state index contributed by atoms with van der Waals surface area (Å²) < 4.78 is 3.54. The molecule has 0 saturated heterocycles. The summed E-state index contributed by atoms with van der Waals surface area (Å²) in [5.41, 5.74) is 4.11. The Morgan fingerprint density at radius 2 is 1.86 bits per heavy atom. The maximum atomic E-state index is 12.4. The standard InChI is InChI=1S/C20H17N7O/c28-19-9-17(15-1-3-16(4-2-15)27-13-22-12-24-27)18-10-23-26(20(18)25-19)11-14-5-7-21-8-6-14/h1-8,10,12-13,17H,9,11H2,(H,25,28)/t17-/m0/s1. The van der Waals surface area contributed by atoms with Gasteiger partial charge in [-0.3, -0.25) is 9.78 Å². The van der Waals surface area contributed by atoms with Gasteiger partial charge in [-0.25, -0.2) is 14.3 Å². The summed E-state index contributed by atoms with van der Waals surface area (Å²) in [6.07, 6.45) is 8.92. The van der Waals surface area contributed by atoms with Crippen LogP contribution in [0.15, 0.2) is 67.6 Å². The highest BCUT2D eigenvalue weighted by Gasteiger charge is 2.30. The van der Waals surface area contributed by atoms with Crippen LogP contribution in [0.2, 0.25) is 0 Å². The summed E-state index contributed by atoms with van der Waals surface area (Å²) in [7, 11) is 0. The number of hydrogen-bond donors (Lipinski definition) is 1. The van der Waals surface area contributed by atoms with Crippen molar-refractivity contribution in [3.8, 4) is 5.69 Å². The average Bonchev–Trinajstić information content (AvgIpc) is 3.39. The number of fused-ring (bicyclic) bond motifs is 1. The Hall–Kier alpha value is -3.81. The molecule has 8 heteroatoms. The normalized spacial score (nSPS) is 15.9. The van der Waals surface area contributed by atoms with Crippen LogP contribution in [0.5, 0.6) is 0 Å². The number of nitrogens with one attached hydrogen (secondary N) is 1. The molecule has 28 heavy (non-hydrogen) atoms. The van der Waals surface area contributed by atoms with Crippen molar-refractivity contribution in [2.24, 2.45) is 0 Å². The number of rotatable bonds is 4. The molecule has 0 fully saturated rings. The number of carbonyl (C=O) groups excluding carboxylic acids is 1. The second kappa shape index (κ2) is 6.73. The van der Waals surface area contributed by atoms with E-state index in [1.54, 1.807) is 23.4 Å². The van der Waals surface area contributed by atoms with Gasteiger partial charge in [-0.05, 0) is 35.4 Å². The van der Waals surface area contributed by atoms with Crippen molar-refractivity contribution in [2.45, 2.75) is 18.9 Å². The highest BCUT2D eigenvalue weighted by atomic mass is 16.1. The number of aromatic nitrogens is 6. The maximum absolute atomic E-state index is 12.4. The summed E-state index contributed by atoms with van der Waals surface area (Å²) in [5.74, 6) is 0.729. The number of amides is 1. The molecule has 0 aliphatic carbocycles. The highest BCUT2D eigenvalue weighted by Crippen LogP contribution is 2.37. The second-order valence-electron chi connectivity index (χ2n) is 6.70. The van der Waals surface area contributed by atoms with Crippen molar-refractivity contribution in [3.63, 3.8) is 0 Å². The molecule has 4 aromatic rings. The van der Waals surface area contributed by atoms with Crippen LogP contribution in [-0.4, -0.2) is 35.4 Å². The van der Waals surface area contributed by atoms with Crippen molar-refractivity contribution in [3.05, 3.63) is 84.3 Å². The summed E-state index contributed by atoms with van der Waals surface area (Å²) in [6, 6.07) is 11.9. The first-order valence-electron chi connectivity index (χ1n) is 8.97. The largest absolute Gasteiger partial charge is 0.311 e. The molecule has 1 aliphatic rings. The average molecular weight is 371 g/mol. The van der Waals surface area contributed by atoms with Crippen LogP contribution in [-0.2, 0) is 11.3 Å². The number of hydrogen-bond acceptors (Lipinski definition) is 5. The first-order chi connectivity index (χ1) is 13.8. The van der Waals surface area contributed by atoms with Gasteiger partial charge in [0.05, 0.1) is 18.4 Å². The summed E-state index contributed by atoms with van der Waals surface area (Å²) in [5, 5.41) is 11.6. The minimum Gasteiger partial charge on any atom is -0.311 e. The van der Waals surface area contributed by atoms with Gasteiger partial charge in [0.1, 0.15) is 18.5 Å². The molecule has 8 nitrogen and oxygen atoms in total. The van der Waals surface area contributed by atoms with Crippen LogP contribution in [0.3, 0.4) is 0 Å². The molecule has 1 aromatic carbocycles. The molecule has 0 radical (unpaired) electrons. The first kappa shape index (κ1) is 16.4. The molecular weight excluding hydrogens is 354 g/mol. The third-order valence-electron chi connectivity index (χ3n) is 4.95. The van der Waals surface area contributed by atoms with E-state index in [4.69, 9.17) is 0 Å². The molecule has 0 spiro atoms. The van der Waals surface area contributed by atoms with Crippen molar-refractivity contribution in [1.29, 1.82) is 0 Å². The van der Waals surface area contributed by atoms with Crippen LogP contribution >= 0.6 is 0 Å². The Morgan fingerprint density at radius 1 is 1.04 bits per heavy atom. The molecule has 138 valence electrons. The third kappa shape index (κ3) is 2.94. The van der Waals surface area contributed by atoms with E-state index in [-0.39, 0.29) is 11.8 Å².